The number of carbonyl (C=O) groups is 2. The summed E-state index contributed by atoms with van der Waals surface area (Å²) in [6.07, 6.45) is 1.68. The van der Waals surface area contributed by atoms with Crippen molar-refractivity contribution in [2.24, 2.45) is 4.99 Å². The van der Waals surface area contributed by atoms with Gasteiger partial charge in [-0.25, -0.2) is 9.79 Å². The van der Waals surface area contributed by atoms with Gasteiger partial charge < -0.3 is 19.3 Å². The number of halogens is 1. The van der Waals surface area contributed by atoms with Gasteiger partial charge in [-0.3, -0.25) is 9.69 Å². The number of hydrogen-bond acceptors (Lipinski definition) is 7. The van der Waals surface area contributed by atoms with E-state index in [4.69, 9.17) is 30.9 Å². The molecule has 0 spiro atoms. The second-order valence-electron chi connectivity index (χ2n) is 6.47. The monoisotopic (exact) mass is 476 g/mol. The highest BCUT2D eigenvalue weighted by Gasteiger charge is 2.32. The van der Waals surface area contributed by atoms with Crippen LogP contribution in [0.15, 0.2) is 46.3 Å². The van der Waals surface area contributed by atoms with Crippen LogP contribution in [-0.2, 0) is 9.59 Å². The molecular weight excluding hydrogens is 456 g/mol. The Labute approximate surface area is 194 Å². The van der Waals surface area contributed by atoms with Crippen LogP contribution in [-0.4, -0.2) is 54.4 Å². The molecule has 1 amide bonds. The summed E-state index contributed by atoms with van der Waals surface area (Å²) < 4.78 is 15.7. The molecule has 168 valence electrons. The second kappa shape index (κ2) is 10.4. The summed E-state index contributed by atoms with van der Waals surface area (Å²) in [6.45, 7) is 1.78. The van der Waals surface area contributed by atoms with Gasteiger partial charge in [0, 0.05) is 6.54 Å². The summed E-state index contributed by atoms with van der Waals surface area (Å²) in [5, 5.41) is 9.56. The van der Waals surface area contributed by atoms with Crippen LogP contribution in [0.4, 0.5) is 5.69 Å². The van der Waals surface area contributed by atoms with Crippen molar-refractivity contribution < 1.29 is 28.9 Å². The minimum atomic E-state index is -1.13. The largest absolute Gasteiger partial charge is 0.497 e. The summed E-state index contributed by atoms with van der Waals surface area (Å²) in [7, 11) is 3.01. The van der Waals surface area contributed by atoms with Gasteiger partial charge in [-0.1, -0.05) is 11.6 Å². The van der Waals surface area contributed by atoms with Crippen LogP contribution in [0.2, 0.25) is 5.02 Å². The van der Waals surface area contributed by atoms with E-state index in [1.54, 1.807) is 42.4 Å². The first kappa shape index (κ1) is 23.5. The number of ether oxygens (including phenoxy) is 3. The number of nitrogens with zero attached hydrogens (tertiary/aromatic N) is 2. The molecule has 32 heavy (non-hydrogen) atoms. The molecular formula is C22H21ClN2O6S. The van der Waals surface area contributed by atoms with Crippen LogP contribution in [0.3, 0.4) is 0 Å². The summed E-state index contributed by atoms with van der Waals surface area (Å²) in [6, 6.07) is 10.4. The standard InChI is InChI=1S/C22H21ClN2O6S/c1-4-25-21(28)18(32-22(25)24-14-5-7-15(29-2)8-6-14)11-13-9-16(23)20(17(10-13)30-3)31-12-19(26)27/h5-11H,4,12H2,1-3H3,(H,26,27)/b18-11-,24-22?. The number of methoxy groups -OCH3 is 2. The Morgan fingerprint density at radius 2 is 1.94 bits per heavy atom. The third-order valence-corrected chi connectivity index (χ3v) is 5.68. The molecule has 0 aromatic heterocycles. The first-order chi connectivity index (χ1) is 15.4. The van der Waals surface area contributed by atoms with E-state index in [2.05, 4.69) is 4.99 Å². The van der Waals surface area contributed by atoms with Crippen molar-refractivity contribution in [2.75, 3.05) is 27.4 Å². The van der Waals surface area contributed by atoms with Crippen LogP contribution < -0.4 is 14.2 Å². The highest BCUT2D eigenvalue weighted by Crippen LogP contribution is 2.39. The Kier molecular flexibility index (Phi) is 7.66. The zero-order chi connectivity index (χ0) is 23.3. The maximum absolute atomic E-state index is 12.9. The molecule has 0 bridgehead atoms. The fraction of sp³-hybridized carbons (Fsp3) is 0.227. The van der Waals surface area contributed by atoms with E-state index >= 15 is 0 Å². The quantitative estimate of drug-likeness (QED) is 0.562. The molecule has 1 heterocycles. The molecule has 8 nitrogen and oxygen atoms in total. The Balaban J connectivity index is 1.90. The number of carboxylic acid groups (broad SMARTS) is 1. The number of benzene rings is 2. The molecule has 2 aromatic carbocycles. The maximum atomic E-state index is 12.9. The molecule has 1 aliphatic rings. The molecule has 10 heteroatoms. The number of hydrogen-bond donors (Lipinski definition) is 1. The molecule has 0 atom stereocenters. The van der Waals surface area contributed by atoms with E-state index < -0.39 is 12.6 Å². The lowest BCUT2D eigenvalue weighted by Gasteiger charge is -2.12. The number of carbonyl (C=O) groups excluding carboxylic acids is 1. The number of aliphatic carboxylic acids is 1. The highest BCUT2D eigenvalue weighted by molar-refractivity contribution is 8.18. The Bertz CT molecular complexity index is 1080. The molecule has 0 saturated carbocycles. The Morgan fingerprint density at radius 3 is 2.53 bits per heavy atom. The topological polar surface area (TPSA) is 97.7 Å². The van der Waals surface area contributed by atoms with E-state index in [-0.39, 0.29) is 22.4 Å². The van der Waals surface area contributed by atoms with Gasteiger partial charge in [-0.05, 0) is 66.7 Å². The van der Waals surface area contributed by atoms with Crippen LogP contribution in [0.25, 0.3) is 6.08 Å². The van der Waals surface area contributed by atoms with Crippen molar-refractivity contribution in [3.63, 3.8) is 0 Å². The predicted octanol–water partition coefficient (Wildman–Crippen LogP) is 4.44. The minimum absolute atomic E-state index is 0.126. The van der Waals surface area contributed by atoms with Crippen molar-refractivity contribution >= 4 is 52.2 Å². The van der Waals surface area contributed by atoms with Gasteiger partial charge in [0.25, 0.3) is 5.91 Å². The second-order valence-corrected chi connectivity index (χ2v) is 7.89. The SMILES string of the molecule is CCN1C(=O)/C(=C/c2cc(Cl)c(OCC(=O)O)c(OC)c2)SC1=Nc1ccc(OC)cc1. The van der Waals surface area contributed by atoms with Crippen LogP contribution in [0.5, 0.6) is 17.2 Å². The molecule has 0 radical (unpaired) electrons. The van der Waals surface area contributed by atoms with Gasteiger partial charge in [-0.2, -0.15) is 0 Å². The van der Waals surface area contributed by atoms with Crippen LogP contribution in [0.1, 0.15) is 12.5 Å². The van der Waals surface area contributed by atoms with Gasteiger partial charge in [0.05, 0.1) is 29.8 Å². The van der Waals surface area contributed by atoms with Crippen molar-refractivity contribution in [1.82, 2.24) is 4.90 Å². The zero-order valence-electron chi connectivity index (χ0n) is 17.6. The van der Waals surface area contributed by atoms with Crippen molar-refractivity contribution in [1.29, 1.82) is 0 Å². The molecule has 1 saturated heterocycles. The summed E-state index contributed by atoms with van der Waals surface area (Å²) in [5.41, 5.74) is 1.30. The van der Waals surface area contributed by atoms with Gasteiger partial charge >= 0.3 is 5.97 Å². The molecule has 2 aromatic rings. The highest BCUT2D eigenvalue weighted by atomic mass is 35.5. The lowest BCUT2D eigenvalue weighted by atomic mass is 10.1. The normalized spacial score (nSPS) is 16.0. The number of likely N-dealkylation sites (N-methyl/N-ethyl adjacent to an activating group) is 1. The summed E-state index contributed by atoms with van der Waals surface area (Å²) in [5.74, 6) is -0.197. The third-order valence-electron chi connectivity index (χ3n) is 4.39. The first-order valence-electron chi connectivity index (χ1n) is 9.52. The minimum Gasteiger partial charge on any atom is -0.497 e. The number of carboxylic acids is 1. The van der Waals surface area contributed by atoms with Crippen molar-refractivity contribution in [3.8, 4) is 17.2 Å². The maximum Gasteiger partial charge on any atom is 0.341 e. The van der Waals surface area contributed by atoms with E-state index in [9.17, 15) is 9.59 Å². The molecule has 0 unspecified atom stereocenters. The number of thioether (sulfide) groups is 1. The predicted molar refractivity (Wildman–Crippen MR) is 124 cm³/mol. The van der Waals surface area contributed by atoms with Gasteiger partial charge in [-0.15, -0.1) is 0 Å². The molecule has 1 fully saturated rings. The van der Waals surface area contributed by atoms with Gasteiger partial charge in [0.2, 0.25) is 0 Å². The number of amidine groups is 1. The summed E-state index contributed by atoms with van der Waals surface area (Å²) in [4.78, 5) is 30.3. The van der Waals surface area contributed by atoms with E-state index in [1.165, 1.54) is 18.9 Å². The van der Waals surface area contributed by atoms with Crippen molar-refractivity contribution in [3.05, 3.63) is 51.9 Å². The number of amides is 1. The fourth-order valence-electron chi connectivity index (χ4n) is 2.89. The van der Waals surface area contributed by atoms with E-state index in [1.807, 2.05) is 19.1 Å². The van der Waals surface area contributed by atoms with Gasteiger partial charge in [0.1, 0.15) is 5.75 Å². The lowest BCUT2D eigenvalue weighted by Crippen LogP contribution is -2.28. The Morgan fingerprint density at radius 1 is 1.22 bits per heavy atom. The number of rotatable bonds is 8. The first-order valence-corrected chi connectivity index (χ1v) is 10.7. The van der Waals surface area contributed by atoms with Gasteiger partial charge in [0.15, 0.2) is 23.3 Å². The zero-order valence-corrected chi connectivity index (χ0v) is 19.2. The molecule has 3 rings (SSSR count). The molecule has 1 N–H and O–H groups in total. The average Bonchev–Trinajstić information content (AvgIpc) is 3.06. The van der Waals surface area contributed by atoms with Crippen molar-refractivity contribution in [2.45, 2.75) is 6.92 Å². The molecule has 1 aliphatic heterocycles. The molecule has 0 aliphatic carbocycles. The van der Waals surface area contributed by atoms with E-state index in [0.717, 1.165) is 5.75 Å². The lowest BCUT2D eigenvalue weighted by molar-refractivity contribution is -0.139. The fourth-order valence-corrected chi connectivity index (χ4v) is 4.22. The Hall–Kier alpha value is -3.17. The third kappa shape index (κ3) is 5.35. The van der Waals surface area contributed by atoms with E-state index in [0.29, 0.717) is 27.9 Å². The smallest absolute Gasteiger partial charge is 0.341 e. The van der Waals surface area contributed by atoms with Crippen LogP contribution >= 0.6 is 23.4 Å². The number of aliphatic imine (C=N–C) groups is 1. The summed E-state index contributed by atoms with van der Waals surface area (Å²) >= 11 is 7.52. The van der Waals surface area contributed by atoms with Crippen LogP contribution in [0, 0.1) is 0 Å². The average molecular weight is 477 g/mol.